The highest BCUT2D eigenvalue weighted by Crippen LogP contribution is 2.40. The molecule has 2 N–H and O–H groups in total. The number of rotatable bonds is 5. The third-order valence-electron chi connectivity index (χ3n) is 5.10. The number of nitrogens with one attached hydrogen (secondary N) is 2. The zero-order valence-corrected chi connectivity index (χ0v) is 16.9. The lowest BCUT2D eigenvalue weighted by atomic mass is 10.1. The van der Waals surface area contributed by atoms with Crippen molar-refractivity contribution in [1.82, 2.24) is 4.98 Å². The molecule has 148 valence electrons. The zero-order valence-electron chi connectivity index (χ0n) is 16.1. The summed E-state index contributed by atoms with van der Waals surface area (Å²) in [6, 6.07) is 20.4. The van der Waals surface area contributed by atoms with Gasteiger partial charge >= 0.3 is 0 Å². The number of carbonyl (C=O) groups excluding carboxylic acids is 2. The van der Waals surface area contributed by atoms with E-state index in [1.807, 2.05) is 47.8 Å². The van der Waals surface area contributed by atoms with Crippen LogP contribution in [0.4, 0.5) is 11.4 Å². The summed E-state index contributed by atoms with van der Waals surface area (Å²) in [5.74, 6) is 0.108. The minimum absolute atomic E-state index is 0.164. The molecule has 1 aliphatic carbocycles. The molecular formula is C24H19N3O2S. The SMILES string of the molecule is O=C(Nc1cccc(NC(=O)c2cc(C3CC3)nc3ccccc23)c1)c1cccs1. The van der Waals surface area contributed by atoms with E-state index in [2.05, 4.69) is 10.6 Å². The molecule has 1 saturated carbocycles. The molecule has 4 aromatic rings. The normalized spacial score (nSPS) is 13.2. The van der Waals surface area contributed by atoms with Crippen LogP contribution in [0, 0.1) is 0 Å². The van der Waals surface area contributed by atoms with Crippen molar-refractivity contribution in [3.8, 4) is 0 Å². The number of aromatic nitrogens is 1. The maximum atomic E-state index is 13.1. The molecule has 2 heterocycles. The highest BCUT2D eigenvalue weighted by Gasteiger charge is 2.27. The van der Waals surface area contributed by atoms with Crippen LogP contribution < -0.4 is 10.6 Å². The lowest BCUT2D eigenvalue weighted by Gasteiger charge is -2.11. The Labute approximate surface area is 177 Å². The van der Waals surface area contributed by atoms with Crippen LogP contribution in [-0.2, 0) is 0 Å². The molecule has 2 aromatic heterocycles. The molecule has 1 aliphatic rings. The highest BCUT2D eigenvalue weighted by atomic mass is 32.1. The Balaban J connectivity index is 1.40. The van der Waals surface area contributed by atoms with Crippen LogP contribution in [0.15, 0.2) is 72.1 Å². The summed E-state index contributed by atoms with van der Waals surface area (Å²) in [5.41, 5.74) is 3.69. The molecule has 0 radical (unpaired) electrons. The highest BCUT2D eigenvalue weighted by molar-refractivity contribution is 7.12. The Kier molecular flexibility index (Phi) is 4.77. The van der Waals surface area contributed by atoms with E-state index in [0.29, 0.717) is 27.7 Å². The van der Waals surface area contributed by atoms with Gasteiger partial charge in [-0.3, -0.25) is 14.6 Å². The largest absolute Gasteiger partial charge is 0.322 e. The fourth-order valence-electron chi connectivity index (χ4n) is 3.45. The number of pyridine rings is 1. The van der Waals surface area contributed by atoms with E-state index < -0.39 is 0 Å². The van der Waals surface area contributed by atoms with E-state index in [-0.39, 0.29) is 11.8 Å². The summed E-state index contributed by atoms with van der Waals surface area (Å²) in [6.07, 6.45) is 2.25. The summed E-state index contributed by atoms with van der Waals surface area (Å²) >= 11 is 1.38. The van der Waals surface area contributed by atoms with E-state index in [4.69, 9.17) is 4.98 Å². The second-order valence-corrected chi connectivity index (χ2v) is 8.30. The molecule has 0 saturated heterocycles. The van der Waals surface area contributed by atoms with Crippen molar-refractivity contribution in [2.24, 2.45) is 0 Å². The van der Waals surface area contributed by atoms with E-state index in [1.165, 1.54) is 11.3 Å². The molecule has 0 bridgehead atoms. The Morgan fingerprint density at radius 3 is 2.37 bits per heavy atom. The predicted octanol–water partition coefficient (Wildman–Crippen LogP) is 5.68. The van der Waals surface area contributed by atoms with Crippen molar-refractivity contribution in [2.45, 2.75) is 18.8 Å². The van der Waals surface area contributed by atoms with Gasteiger partial charge in [0.15, 0.2) is 0 Å². The zero-order chi connectivity index (χ0) is 20.5. The third-order valence-corrected chi connectivity index (χ3v) is 5.97. The van der Waals surface area contributed by atoms with Crippen molar-refractivity contribution >= 4 is 45.4 Å². The van der Waals surface area contributed by atoms with Gasteiger partial charge in [-0.15, -0.1) is 11.3 Å². The minimum Gasteiger partial charge on any atom is -0.322 e. The third kappa shape index (κ3) is 3.82. The molecule has 1 fully saturated rings. The average molecular weight is 414 g/mol. The van der Waals surface area contributed by atoms with Crippen LogP contribution in [0.5, 0.6) is 0 Å². The smallest absolute Gasteiger partial charge is 0.265 e. The number of nitrogens with zero attached hydrogens (tertiary/aromatic N) is 1. The molecular weight excluding hydrogens is 394 g/mol. The number of hydrogen-bond donors (Lipinski definition) is 2. The Hall–Kier alpha value is -3.51. The Bertz CT molecular complexity index is 1250. The van der Waals surface area contributed by atoms with Crippen LogP contribution in [0.1, 0.15) is 44.5 Å². The maximum absolute atomic E-state index is 13.1. The summed E-state index contributed by atoms with van der Waals surface area (Å²) in [5, 5.41) is 8.54. The number of carbonyl (C=O) groups is 2. The standard InChI is InChI=1S/C24H19N3O2S/c28-23(19-14-21(15-10-11-15)27-20-8-2-1-7-18(19)20)25-16-5-3-6-17(13-16)26-24(29)22-9-4-12-30-22/h1-9,12-15H,10-11H2,(H,25,28)(H,26,29). The van der Waals surface area contributed by atoms with Crippen LogP contribution in [0.25, 0.3) is 10.9 Å². The number of thiophene rings is 1. The van der Waals surface area contributed by atoms with E-state index in [1.54, 1.807) is 24.3 Å². The van der Waals surface area contributed by atoms with Gasteiger partial charge < -0.3 is 10.6 Å². The fourth-order valence-corrected chi connectivity index (χ4v) is 4.06. The molecule has 5 rings (SSSR count). The van der Waals surface area contributed by atoms with Crippen molar-refractivity contribution < 1.29 is 9.59 Å². The van der Waals surface area contributed by atoms with E-state index >= 15 is 0 Å². The van der Waals surface area contributed by atoms with Gasteiger partial charge in [-0.2, -0.15) is 0 Å². The van der Waals surface area contributed by atoms with Gasteiger partial charge in [0.2, 0.25) is 0 Å². The fraction of sp³-hybridized carbons (Fsp3) is 0.125. The van der Waals surface area contributed by atoms with Crippen molar-refractivity contribution in [3.63, 3.8) is 0 Å². The molecule has 2 aromatic carbocycles. The van der Waals surface area contributed by atoms with Crippen molar-refractivity contribution in [2.75, 3.05) is 10.6 Å². The first-order chi connectivity index (χ1) is 14.7. The predicted molar refractivity (Wildman–Crippen MR) is 120 cm³/mol. The first-order valence-electron chi connectivity index (χ1n) is 9.83. The van der Waals surface area contributed by atoms with Gasteiger partial charge in [0.05, 0.1) is 16.0 Å². The molecule has 5 nitrogen and oxygen atoms in total. The summed E-state index contributed by atoms with van der Waals surface area (Å²) < 4.78 is 0. The quantitative estimate of drug-likeness (QED) is 0.442. The maximum Gasteiger partial charge on any atom is 0.265 e. The van der Waals surface area contributed by atoms with Gasteiger partial charge in [0.1, 0.15) is 0 Å². The molecule has 6 heteroatoms. The van der Waals surface area contributed by atoms with Crippen LogP contribution in [0.2, 0.25) is 0 Å². The molecule has 0 aliphatic heterocycles. The van der Waals surface area contributed by atoms with Crippen molar-refractivity contribution in [3.05, 3.63) is 88.2 Å². The van der Waals surface area contributed by atoms with Gasteiger partial charge in [-0.1, -0.05) is 30.3 Å². The minimum atomic E-state index is -0.183. The van der Waals surface area contributed by atoms with Gasteiger partial charge in [-0.25, -0.2) is 0 Å². The summed E-state index contributed by atoms with van der Waals surface area (Å²) in [4.78, 5) is 30.8. The number of hydrogen-bond acceptors (Lipinski definition) is 4. The molecule has 0 unspecified atom stereocenters. The monoisotopic (exact) mass is 413 g/mol. The van der Waals surface area contributed by atoms with Crippen molar-refractivity contribution in [1.29, 1.82) is 0 Å². The lowest BCUT2D eigenvalue weighted by molar-refractivity contribution is 0.102. The average Bonchev–Trinajstić information content (AvgIpc) is 3.46. The van der Waals surface area contributed by atoms with Crippen LogP contribution in [0.3, 0.4) is 0 Å². The number of fused-ring (bicyclic) bond motifs is 1. The number of para-hydroxylation sites is 1. The molecule has 2 amide bonds. The van der Waals surface area contributed by atoms with Gasteiger partial charge in [0.25, 0.3) is 11.8 Å². The van der Waals surface area contributed by atoms with Gasteiger partial charge in [0, 0.05) is 28.4 Å². The Morgan fingerprint density at radius 2 is 1.63 bits per heavy atom. The van der Waals surface area contributed by atoms with Crippen LogP contribution >= 0.6 is 11.3 Å². The Morgan fingerprint density at radius 1 is 0.867 bits per heavy atom. The lowest BCUT2D eigenvalue weighted by Crippen LogP contribution is -2.14. The second-order valence-electron chi connectivity index (χ2n) is 7.35. The molecule has 30 heavy (non-hydrogen) atoms. The topological polar surface area (TPSA) is 71.1 Å². The summed E-state index contributed by atoms with van der Waals surface area (Å²) in [7, 11) is 0. The summed E-state index contributed by atoms with van der Waals surface area (Å²) in [6.45, 7) is 0. The molecule has 0 atom stereocenters. The number of amides is 2. The number of anilines is 2. The van der Waals surface area contributed by atoms with Gasteiger partial charge in [-0.05, 0) is 54.6 Å². The van der Waals surface area contributed by atoms with E-state index in [9.17, 15) is 9.59 Å². The first kappa shape index (κ1) is 18.5. The number of benzene rings is 2. The van der Waals surface area contributed by atoms with E-state index in [0.717, 1.165) is 29.4 Å². The first-order valence-corrected chi connectivity index (χ1v) is 10.7. The second kappa shape index (κ2) is 7.72. The molecule has 0 spiro atoms. The van der Waals surface area contributed by atoms with Crippen LogP contribution in [-0.4, -0.2) is 16.8 Å².